The maximum atomic E-state index is 13.3. The quantitative estimate of drug-likeness (QED) is 0.722. The van der Waals surface area contributed by atoms with Gasteiger partial charge in [-0.1, -0.05) is 41.9 Å². The topological polar surface area (TPSA) is 93.6 Å². The molecule has 1 fully saturated rings. The number of aromatic nitrogens is 2. The second-order valence-electron chi connectivity index (χ2n) is 7.09. The summed E-state index contributed by atoms with van der Waals surface area (Å²) in [5, 5.41) is 3.06. The predicted molar refractivity (Wildman–Crippen MR) is 111 cm³/mol. The van der Waals surface area contributed by atoms with Crippen molar-refractivity contribution in [3.8, 4) is 0 Å². The number of benzene rings is 1. The van der Waals surface area contributed by atoms with Crippen LogP contribution >= 0.6 is 11.6 Å². The van der Waals surface area contributed by atoms with E-state index in [0.29, 0.717) is 18.7 Å². The van der Waals surface area contributed by atoms with E-state index < -0.39 is 11.6 Å². The highest BCUT2D eigenvalue weighted by molar-refractivity contribution is 6.30. The van der Waals surface area contributed by atoms with Gasteiger partial charge in [0.15, 0.2) is 5.15 Å². The molecule has 1 atom stereocenters. The molecule has 30 heavy (non-hydrogen) atoms. The zero-order chi connectivity index (χ0) is 21.4. The fourth-order valence-corrected chi connectivity index (χ4v) is 3.76. The molecule has 0 saturated carbocycles. The molecule has 1 aromatic carbocycles. The zero-order valence-electron chi connectivity index (χ0n) is 16.8. The molecule has 1 unspecified atom stereocenters. The lowest BCUT2D eigenvalue weighted by molar-refractivity contribution is -0.139. The molecule has 1 N–H and O–H groups in total. The molecule has 9 heteroatoms. The number of carbonyl (C=O) groups excluding carboxylic acids is 2. The van der Waals surface area contributed by atoms with E-state index in [1.807, 2.05) is 30.3 Å². The number of hydrogen-bond acceptors (Lipinski definition) is 6. The molecular formula is C21H25ClN4O4. The summed E-state index contributed by atoms with van der Waals surface area (Å²) in [7, 11) is 1.51. The van der Waals surface area contributed by atoms with Gasteiger partial charge in [0.05, 0.1) is 18.8 Å². The van der Waals surface area contributed by atoms with Crippen LogP contribution in [0.3, 0.4) is 0 Å². The van der Waals surface area contributed by atoms with Crippen LogP contribution in [0.25, 0.3) is 0 Å². The number of rotatable bonds is 7. The Bertz CT molecular complexity index is 863. The SMILES string of the molecule is COCC1(C(=O)NCc2nccnc2Cl)CCCCN1C(=O)OCc1ccccc1. The van der Waals surface area contributed by atoms with Crippen molar-refractivity contribution in [1.82, 2.24) is 20.2 Å². The smallest absolute Gasteiger partial charge is 0.411 e. The fourth-order valence-electron chi connectivity index (χ4n) is 3.59. The van der Waals surface area contributed by atoms with Crippen LogP contribution in [0.2, 0.25) is 5.15 Å². The number of nitrogens with zero attached hydrogens (tertiary/aromatic N) is 3. The van der Waals surface area contributed by atoms with E-state index in [-0.39, 0.29) is 30.8 Å². The highest BCUT2D eigenvalue weighted by Crippen LogP contribution is 2.30. The lowest BCUT2D eigenvalue weighted by Crippen LogP contribution is -2.65. The first-order valence-corrected chi connectivity index (χ1v) is 10.2. The second-order valence-corrected chi connectivity index (χ2v) is 7.45. The van der Waals surface area contributed by atoms with E-state index in [9.17, 15) is 9.59 Å². The van der Waals surface area contributed by atoms with Gasteiger partial charge in [0.1, 0.15) is 12.1 Å². The molecule has 3 rings (SSSR count). The Kier molecular flexibility index (Phi) is 7.59. The summed E-state index contributed by atoms with van der Waals surface area (Å²) >= 11 is 6.03. The molecule has 0 spiro atoms. The van der Waals surface area contributed by atoms with E-state index in [1.165, 1.54) is 24.4 Å². The molecule has 8 nitrogen and oxygen atoms in total. The minimum absolute atomic E-state index is 0.0630. The summed E-state index contributed by atoms with van der Waals surface area (Å²) in [6.07, 6.45) is 4.50. The fraction of sp³-hybridized carbons (Fsp3) is 0.429. The first kappa shape index (κ1) is 22.0. The van der Waals surface area contributed by atoms with Gasteiger partial charge >= 0.3 is 6.09 Å². The number of nitrogens with one attached hydrogen (secondary N) is 1. The monoisotopic (exact) mass is 432 g/mol. The first-order valence-electron chi connectivity index (χ1n) is 9.78. The first-order chi connectivity index (χ1) is 14.6. The van der Waals surface area contributed by atoms with Gasteiger partial charge in [-0.05, 0) is 24.8 Å². The van der Waals surface area contributed by atoms with Crippen molar-refractivity contribution in [2.24, 2.45) is 0 Å². The Morgan fingerprint density at radius 2 is 1.97 bits per heavy atom. The summed E-state index contributed by atoms with van der Waals surface area (Å²) in [5.74, 6) is -0.331. The summed E-state index contributed by atoms with van der Waals surface area (Å²) in [6.45, 7) is 0.712. The lowest BCUT2D eigenvalue weighted by Gasteiger charge is -2.44. The van der Waals surface area contributed by atoms with Gasteiger partial charge in [-0.3, -0.25) is 14.7 Å². The Morgan fingerprint density at radius 1 is 1.20 bits per heavy atom. The van der Waals surface area contributed by atoms with Crippen LogP contribution in [0.4, 0.5) is 4.79 Å². The minimum Gasteiger partial charge on any atom is -0.445 e. The Balaban J connectivity index is 1.73. The predicted octanol–water partition coefficient (Wildman–Crippen LogP) is 2.95. The van der Waals surface area contributed by atoms with Crippen molar-refractivity contribution in [3.05, 3.63) is 59.1 Å². The van der Waals surface area contributed by atoms with Crippen LogP contribution in [-0.4, -0.2) is 52.7 Å². The summed E-state index contributed by atoms with van der Waals surface area (Å²) in [6, 6.07) is 9.41. The largest absolute Gasteiger partial charge is 0.445 e. The Morgan fingerprint density at radius 3 is 2.70 bits per heavy atom. The van der Waals surface area contributed by atoms with Gasteiger partial charge in [-0.25, -0.2) is 9.78 Å². The van der Waals surface area contributed by atoms with Crippen LogP contribution in [0, 0.1) is 0 Å². The van der Waals surface area contributed by atoms with E-state index in [0.717, 1.165) is 18.4 Å². The average Bonchev–Trinajstić information content (AvgIpc) is 2.78. The number of amides is 2. The van der Waals surface area contributed by atoms with Gasteiger partial charge in [-0.15, -0.1) is 0 Å². The van der Waals surface area contributed by atoms with Gasteiger partial charge in [0, 0.05) is 26.0 Å². The zero-order valence-corrected chi connectivity index (χ0v) is 17.6. The van der Waals surface area contributed by atoms with E-state index >= 15 is 0 Å². The molecule has 160 valence electrons. The Labute approximate surface area is 180 Å². The lowest BCUT2D eigenvalue weighted by atomic mass is 9.86. The molecule has 2 amide bonds. The van der Waals surface area contributed by atoms with Crippen molar-refractivity contribution in [2.75, 3.05) is 20.3 Å². The summed E-state index contributed by atoms with van der Waals surface area (Å²) < 4.78 is 10.9. The molecule has 1 aliphatic heterocycles. The molecule has 0 radical (unpaired) electrons. The molecule has 1 saturated heterocycles. The normalized spacial score (nSPS) is 18.7. The van der Waals surface area contributed by atoms with Crippen molar-refractivity contribution in [1.29, 1.82) is 0 Å². The number of piperidine rings is 1. The Hall–Kier alpha value is -2.71. The molecule has 0 bridgehead atoms. The highest BCUT2D eigenvalue weighted by Gasteiger charge is 2.48. The minimum atomic E-state index is -1.16. The number of likely N-dealkylation sites (tertiary alicyclic amines) is 1. The second kappa shape index (κ2) is 10.4. The van der Waals surface area contributed by atoms with Crippen LogP contribution in [0.15, 0.2) is 42.7 Å². The highest BCUT2D eigenvalue weighted by atomic mass is 35.5. The van der Waals surface area contributed by atoms with Gasteiger partial charge < -0.3 is 14.8 Å². The van der Waals surface area contributed by atoms with Crippen LogP contribution in [0.5, 0.6) is 0 Å². The van der Waals surface area contributed by atoms with Gasteiger partial charge in [0.2, 0.25) is 5.91 Å². The standard InChI is InChI=1S/C21H25ClN4O4/c1-29-15-21(19(27)25-13-17-18(22)24-11-10-23-17)9-5-6-12-26(21)20(28)30-14-16-7-3-2-4-8-16/h2-4,7-8,10-11H,5-6,9,12-15H2,1H3,(H,25,27). The third kappa shape index (κ3) is 5.06. The number of halogens is 1. The van der Waals surface area contributed by atoms with Gasteiger partial charge in [0.25, 0.3) is 0 Å². The summed E-state index contributed by atoms with van der Waals surface area (Å²) in [4.78, 5) is 35.8. The molecule has 1 aromatic heterocycles. The third-order valence-corrected chi connectivity index (χ3v) is 5.43. The maximum Gasteiger partial charge on any atom is 0.411 e. The number of hydrogen-bond donors (Lipinski definition) is 1. The molecule has 2 aromatic rings. The molecule has 0 aliphatic carbocycles. The number of ether oxygens (including phenoxy) is 2. The third-order valence-electron chi connectivity index (χ3n) is 5.11. The maximum absolute atomic E-state index is 13.3. The van der Waals surface area contributed by atoms with Crippen LogP contribution in [-0.2, 0) is 27.4 Å². The van der Waals surface area contributed by atoms with Crippen LogP contribution in [0.1, 0.15) is 30.5 Å². The van der Waals surface area contributed by atoms with Crippen molar-refractivity contribution in [3.63, 3.8) is 0 Å². The van der Waals surface area contributed by atoms with Crippen molar-refractivity contribution in [2.45, 2.75) is 38.0 Å². The molecule has 1 aliphatic rings. The molecular weight excluding hydrogens is 408 g/mol. The number of carbonyl (C=O) groups is 2. The van der Waals surface area contributed by atoms with E-state index in [4.69, 9.17) is 21.1 Å². The van der Waals surface area contributed by atoms with Crippen molar-refractivity contribution < 1.29 is 19.1 Å². The average molecular weight is 433 g/mol. The van der Waals surface area contributed by atoms with Crippen LogP contribution < -0.4 is 5.32 Å². The van der Waals surface area contributed by atoms with Crippen molar-refractivity contribution >= 4 is 23.6 Å². The number of methoxy groups -OCH3 is 1. The molecule has 2 heterocycles. The van der Waals surface area contributed by atoms with E-state index in [1.54, 1.807) is 0 Å². The summed E-state index contributed by atoms with van der Waals surface area (Å²) in [5.41, 5.74) is 0.172. The van der Waals surface area contributed by atoms with Gasteiger partial charge in [-0.2, -0.15) is 0 Å². The van der Waals surface area contributed by atoms with E-state index in [2.05, 4.69) is 15.3 Å².